The Balaban J connectivity index is 1.50. The fourth-order valence-corrected chi connectivity index (χ4v) is 2.62. The van der Waals surface area contributed by atoms with Crippen molar-refractivity contribution in [2.45, 2.75) is 5.22 Å². The van der Waals surface area contributed by atoms with Gasteiger partial charge in [0.05, 0.1) is 6.61 Å². The smallest absolute Gasteiger partial charge is 0.276 e. The summed E-state index contributed by atoms with van der Waals surface area (Å²) in [6, 6.07) is 17.5. The van der Waals surface area contributed by atoms with Gasteiger partial charge in [0.15, 0.2) is 0 Å². The molecule has 6 heteroatoms. The number of halogens is 1. The fourth-order valence-electron chi connectivity index (χ4n) is 1.78. The minimum Gasteiger partial charge on any atom is -0.493 e. The molecule has 0 unspecified atom stereocenters. The Morgan fingerprint density at radius 1 is 1.00 bits per heavy atom. The number of hydrogen-bond acceptors (Lipinski definition) is 5. The quantitative estimate of drug-likeness (QED) is 0.462. The van der Waals surface area contributed by atoms with Crippen LogP contribution in [-0.2, 0) is 0 Å². The minimum absolute atomic E-state index is 0.527. The number of aromatic nitrogens is 2. The Morgan fingerprint density at radius 2 is 1.77 bits per heavy atom. The van der Waals surface area contributed by atoms with E-state index in [2.05, 4.69) is 26.1 Å². The number of nitrogens with zero attached hydrogens (tertiary/aromatic N) is 2. The van der Waals surface area contributed by atoms with Gasteiger partial charge >= 0.3 is 0 Å². The number of thioether (sulfide) groups is 1. The van der Waals surface area contributed by atoms with E-state index in [1.165, 1.54) is 11.8 Å². The van der Waals surface area contributed by atoms with Crippen LogP contribution in [0.5, 0.6) is 5.75 Å². The number of ether oxygens (including phenoxy) is 1. The lowest BCUT2D eigenvalue weighted by molar-refractivity contribution is 0.343. The second-order valence-corrected chi connectivity index (χ2v) is 6.35. The summed E-state index contributed by atoms with van der Waals surface area (Å²) in [4.78, 5) is 0. The molecule has 0 radical (unpaired) electrons. The van der Waals surface area contributed by atoms with E-state index in [-0.39, 0.29) is 0 Å². The molecule has 1 heterocycles. The first-order valence-corrected chi connectivity index (χ1v) is 8.49. The molecular formula is C16H13BrN2O2S. The van der Waals surface area contributed by atoms with Crippen LogP contribution in [0.2, 0.25) is 0 Å². The Kier molecular flexibility index (Phi) is 5.13. The summed E-state index contributed by atoms with van der Waals surface area (Å²) in [6.07, 6.45) is 0. The predicted octanol–water partition coefficient (Wildman–Crippen LogP) is 4.67. The molecule has 0 bridgehead atoms. The molecule has 3 aromatic rings. The molecule has 0 saturated carbocycles. The van der Waals surface area contributed by atoms with E-state index in [4.69, 9.17) is 9.15 Å². The van der Waals surface area contributed by atoms with Crippen LogP contribution in [-0.4, -0.2) is 22.6 Å². The third kappa shape index (κ3) is 4.11. The van der Waals surface area contributed by atoms with Gasteiger partial charge in [0.2, 0.25) is 5.89 Å². The standard InChI is InChI=1S/C16H13BrN2O2S/c17-13-8-6-12(7-9-13)15-18-19-16(21-15)22-11-10-20-14-4-2-1-3-5-14/h1-9H,10-11H2. The average molecular weight is 377 g/mol. The van der Waals surface area contributed by atoms with Crippen LogP contribution >= 0.6 is 27.7 Å². The highest BCUT2D eigenvalue weighted by Gasteiger charge is 2.08. The number of rotatable bonds is 6. The second kappa shape index (κ2) is 7.47. The molecule has 22 heavy (non-hydrogen) atoms. The van der Waals surface area contributed by atoms with Crippen molar-refractivity contribution in [3.8, 4) is 17.2 Å². The molecule has 0 aliphatic heterocycles. The van der Waals surface area contributed by atoms with Gasteiger partial charge in [-0.3, -0.25) is 0 Å². The summed E-state index contributed by atoms with van der Waals surface area (Å²) in [5.74, 6) is 2.14. The molecule has 0 atom stereocenters. The first kappa shape index (κ1) is 15.1. The fraction of sp³-hybridized carbons (Fsp3) is 0.125. The highest BCUT2D eigenvalue weighted by atomic mass is 79.9. The highest BCUT2D eigenvalue weighted by Crippen LogP contribution is 2.24. The van der Waals surface area contributed by atoms with Crippen molar-refractivity contribution in [1.29, 1.82) is 0 Å². The molecular weight excluding hydrogens is 364 g/mol. The second-order valence-electron chi connectivity index (χ2n) is 4.39. The van der Waals surface area contributed by atoms with Gasteiger partial charge < -0.3 is 9.15 Å². The predicted molar refractivity (Wildman–Crippen MR) is 90.1 cm³/mol. The number of para-hydroxylation sites is 1. The molecule has 0 N–H and O–H groups in total. The van der Waals surface area contributed by atoms with E-state index in [0.29, 0.717) is 17.7 Å². The van der Waals surface area contributed by atoms with Gasteiger partial charge in [-0.15, -0.1) is 10.2 Å². The number of benzene rings is 2. The number of hydrogen-bond donors (Lipinski definition) is 0. The molecule has 4 nitrogen and oxygen atoms in total. The van der Waals surface area contributed by atoms with Crippen molar-refractivity contribution in [3.05, 3.63) is 59.1 Å². The monoisotopic (exact) mass is 376 g/mol. The van der Waals surface area contributed by atoms with Crippen LogP contribution in [0.4, 0.5) is 0 Å². The Bertz CT molecular complexity index is 717. The van der Waals surface area contributed by atoms with Gasteiger partial charge in [-0.2, -0.15) is 0 Å². The first-order chi connectivity index (χ1) is 10.8. The SMILES string of the molecule is Brc1ccc(-c2nnc(SCCOc3ccccc3)o2)cc1. The van der Waals surface area contributed by atoms with E-state index in [1.54, 1.807) is 0 Å². The van der Waals surface area contributed by atoms with E-state index in [1.807, 2.05) is 54.6 Å². The zero-order chi connectivity index (χ0) is 15.2. The van der Waals surface area contributed by atoms with Crippen LogP contribution in [0, 0.1) is 0 Å². The van der Waals surface area contributed by atoms with Crippen molar-refractivity contribution in [2.24, 2.45) is 0 Å². The molecule has 0 aliphatic carbocycles. The van der Waals surface area contributed by atoms with Crippen molar-refractivity contribution in [1.82, 2.24) is 10.2 Å². The zero-order valence-corrected chi connectivity index (χ0v) is 14.0. The van der Waals surface area contributed by atoms with E-state index in [9.17, 15) is 0 Å². The highest BCUT2D eigenvalue weighted by molar-refractivity contribution is 9.10. The third-order valence-electron chi connectivity index (χ3n) is 2.82. The average Bonchev–Trinajstić information content (AvgIpc) is 3.02. The molecule has 112 valence electrons. The Morgan fingerprint density at radius 3 is 2.55 bits per heavy atom. The van der Waals surface area contributed by atoms with Crippen molar-refractivity contribution >= 4 is 27.7 Å². The molecule has 3 rings (SSSR count). The summed E-state index contributed by atoms with van der Waals surface area (Å²) in [7, 11) is 0. The Labute approximate surface area is 141 Å². The lowest BCUT2D eigenvalue weighted by atomic mass is 10.2. The summed E-state index contributed by atoms with van der Waals surface area (Å²) < 4.78 is 12.3. The van der Waals surface area contributed by atoms with Crippen molar-refractivity contribution < 1.29 is 9.15 Å². The van der Waals surface area contributed by atoms with Gasteiger partial charge in [-0.25, -0.2) is 0 Å². The summed E-state index contributed by atoms with van der Waals surface area (Å²) in [5.41, 5.74) is 0.906. The maximum Gasteiger partial charge on any atom is 0.276 e. The molecule has 0 fully saturated rings. The van der Waals surface area contributed by atoms with Gasteiger partial charge in [-0.1, -0.05) is 45.9 Å². The van der Waals surface area contributed by atoms with Crippen LogP contribution in [0.3, 0.4) is 0 Å². The topological polar surface area (TPSA) is 48.2 Å². The summed E-state index contributed by atoms with van der Waals surface area (Å²) in [5, 5.41) is 8.65. The molecule has 1 aromatic heterocycles. The Hall–Kier alpha value is -1.79. The summed E-state index contributed by atoms with van der Waals surface area (Å²) >= 11 is 4.88. The molecule has 2 aromatic carbocycles. The summed E-state index contributed by atoms with van der Waals surface area (Å²) in [6.45, 7) is 0.588. The van der Waals surface area contributed by atoms with Gasteiger partial charge in [0.25, 0.3) is 5.22 Å². The maximum atomic E-state index is 5.63. The van der Waals surface area contributed by atoms with Gasteiger partial charge in [0.1, 0.15) is 5.75 Å². The molecule has 0 amide bonds. The van der Waals surface area contributed by atoms with E-state index in [0.717, 1.165) is 21.5 Å². The van der Waals surface area contributed by atoms with Crippen LogP contribution in [0.15, 0.2) is 68.7 Å². The lowest BCUT2D eigenvalue weighted by Gasteiger charge is -2.03. The van der Waals surface area contributed by atoms with E-state index < -0.39 is 0 Å². The van der Waals surface area contributed by atoms with Crippen LogP contribution in [0.25, 0.3) is 11.5 Å². The molecule has 0 saturated heterocycles. The van der Waals surface area contributed by atoms with Crippen LogP contribution in [0.1, 0.15) is 0 Å². The van der Waals surface area contributed by atoms with Gasteiger partial charge in [0, 0.05) is 15.8 Å². The van der Waals surface area contributed by atoms with Crippen molar-refractivity contribution in [3.63, 3.8) is 0 Å². The zero-order valence-electron chi connectivity index (χ0n) is 11.6. The van der Waals surface area contributed by atoms with Crippen LogP contribution < -0.4 is 4.74 Å². The lowest BCUT2D eigenvalue weighted by Crippen LogP contribution is -1.99. The molecule has 0 aliphatic rings. The van der Waals surface area contributed by atoms with Crippen molar-refractivity contribution in [2.75, 3.05) is 12.4 Å². The first-order valence-electron chi connectivity index (χ1n) is 6.71. The van der Waals surface area contributed by atoms with E-state index >= 15 is 0 Å². The normalized spacial score (nSPS) is 10.6. The minimum atomic E-state index is 0.527. The molecule has 0 spiro atoms. The largest absolute Gasteiger partial charge is 0.493 e. The maximum absolute atomic E-state index is 5.63. The third-order valence-corrected chi connectivity index (χ3v) is 4.13. The van der Waals surface area contributed by atoms with Gasteiger partial charge in [-0.05, 0) is 36.4 Å².